The average Bonchev–Trinajstić information content (AvgIpc) is 2.81. The topological polar surface area (TPSA) is 62.7 Å². The third-order valence-corrected chi connectivity index (χ3v) is 5.61. The van der Waals surface area contributed by atoms with E-state index in [-0.39, 0.29) is 17.9 Å². The summed E-state index contributed by atoms with van der Waals surface area (Å²) in [6.07, 6.45) is 8.13. The van der Waals surface area contributed by atoms with Crippen molar-refractivity contribution in [1.29, 1.82) is 0 Å². The number of likely N-dealkylation sites (tertiary alicyclic amines) is 1. The van der Waals surface area contributed by atoms with Gasteiger partial charge in [-0.2, -0.15) is 0 Å². The van der Waals surface area contributed by atoms with Crippen molar-refractivity contribution >= 4 is 18.0 Å². The largest absolute Gasteiger partial charge is 0.465 e. The first-order valence-electron chi connectivity index (χ1n) is 10.3. The van der Waals surface area contributed by atoms with Crippen molar-refractivity contribution in [1.82, 2.24) is 14.8 Å². The van der Waals surface area contributed by atoms with E-state index in [4.69, 9.17) is 4.74 Å². The lowest BCUT2D eigenvalue weighted by Crippen LogP contribution is -2.45. The van der Waals surface area contributed by atoms with E-state index in [0.29, 0.717) is 5.56 Å². The lowest BCUT2D eigenvalue weighted by atomic mass is 10.0. The number of piperidine rings is 1. The highest BCUT2D eigenvalue weighted by molar-refractivity contribution is 5.92. The van der Waals surface area contributed by atoms with Crippen molar-refractivity contribution < 1.29 is 14.3 Å². The van der Waals surface area contributed by atoms with Gasteiger partial charge in [0.1, 0.15) is 0 Å². The van der Waals surface area contributed by atoms with E-state index in [1.54, 1.807) is 36.4 Å². The molecule has 0 N–H and O–H groups in total. The predicted molar refractivity (Wildman–Crippen MR) is 117 cm³/mol. The minimum atomic E-state index is -0.368. The molecule has 1 fully saturated rings. The maximum Gasteiger partial charge on any atom is 0.337 e. The Morgan fingerprint density at radius 2 is 1.90 bits per heavy atom. The van der Waals surface area contributed by atoms with Crippen molar-refractivity contribution in [3.63, 3.8) is 0 Å². The molecular formula is C24H29N3O3. The van der Waals surface area contributed by atoms with Crippen LogP contribution in [0.2, 0.25) is 0 Å². The molecule has 1 aromatic heterocycles. The third kappa shape index (κ3) is 6.00. The molecule has 1 aromatic carbocycles. The molecule has 1 amide bonds. The number of hydrogen-bond donors (Lipinski definition) is 0. The van der Waals surface area contributed by atoms with Crippen LogP contribution in [0.5, 0.6) is 0 Å². The zero-order chi connectivity index (χ0) is 21.3. The number of benzene rings is 1. The summed E-state index contributed by atoms with van der Waals surface area (Å²) in [5, 5.41) is 0. The van der Waals surface area contributed by atoms with Gasteiger partial charge in [-0.05, 0) is 48.7 Å². The normalized spacial score (nSPS) is 15.3. The first kappa shape index (κ1) is 21.7. The zero-order valence-corrected chi connectivity index (χ0v) is 17.7. The van der Waals surface area contributed by atoms with Crippen LogP contribution in [-0.2, 0) is 16.0 Å². The summed E-state index contributed by atoms with van der Waals surface area (Å²) in [6, 6.07) is 13.3. The Hall–Kier alpha value is -2.99. The molecule has 6 nitrogen and oxygen atoms in total. The highest BCUT2D eigenvalue weighted by Gasteiger charge is 2.24. The molecule has 2 aromatic rings. The van der Waals surface area contributed by atoms with Gasteiger partial charge in [0, 0.05) is 57.1 Å². The fourth-order valence-electron chi connectivity index (χ4n) is 3.66. The Balaban J connectivity index is 1.45. The number of amides is 1. The Labute approximate surface area is 178 Å². The number of ether oxygens (including phenoxy) is 1. The van der Waals surface area contributed by atoms with Crippen LogP contribution in [0.1, 0.15) is 34.5 Å². The Morgan fingerprint density at radius 1 is 1.17 bits per heavy atom. The van der Waals surface area contributed by atoms with Gasteiger partial charge in [0.05, 0.1) is 12.7 Å². The second-order valence-electron chi connectivity index (χ2n) is 7.54. The van der Waals surface area contributed by atoms with E-state index in [1.807, 2.05) is 30.3 Å². The van der Waals surface area contributed by atoms with Crippen LogP contribution >= 0.6 is 0 Å². The highest BCUT2D eigenvalue weighted by Crippen LogP contribution is 2.17. The first-order valence-corrected chi connectivity index (χ1v) is 10.3. The minimum absolute atomic E-state index is 0.000944. The summed E-state index contributed by atoms with van der Waals surface area (Å²) in [4.78, 5) is 32.7. The Kier molecular flexibility index (Phi) is 7.74. The quantitative estimate of drug-likeness (QED) is 0.521. The van der Waals surface area contributed by atoms with Crippen LogP contribution < -0.4 is 0 Å². The molecule has 1 saturated heterocycles. The number of carbonyl (C=O) groups is 2. The maximum absolute atomic E-state index is 12.6. The highest BCUT2D eigenvalue weighted by atomic mass is 16.5. The van der Waals surface area contributed by atoms with E-state index in [9.17, 15) is 9.59 Å². The molecule has 0 unspecified atom stereocenters. The van der Waals surface area contributed by atoms with E-state index in [1.165, 1.54) is 7.11 Å². The van der Waals surface area contributed by atoms with Gasteiger partial charge < -0.3 is 14.5 Å². The molecule has 0 aliphatic carbocycles. The Morgan fingerprint density at radius 3 is 2.53 bits per heavy atom. The van der Waals surface area contributed by atoms with Crippen LogP contribution in [0, 0.1) is 0 Å². The van der Waals surface area contributed by atoms with Crippen molar-refractivity contribution in [2.75, 3.05) is 33.8 Å². The molecule has 158 valence electrons. The van der Waals surface area contributed by atoms with Crippen LogP contribution in [0.4, 0.5) is 0 Å². The SMILES string of the molecule is COC(=O)c1ccc(C=CC(=O)N(C)C2CCN(CCc3ccccn3)CC2)cc1. The smallest absolute Gasteiger partial charge is 0.337 e. The summed E-state index contributed by atoms with van der Waals surface area (Å²) in [5.74, 6) is -0.369. The number of methoxy groups -OCH3 is 1. The molecule has 0 bridgehead atoms. The maximum atomic E-state index is 12.6. The summed E-state index contributed by atoms with van der Waals surface area (Å²) in [5.41, 5.74) is 2.48. The molecule has 30 heavy (non-hydrogen) atoms. The van der Waals surface area contributed by atoms with Gasteiger partial charge in [-0.25, -0.2) is 4.79 Å². The number of likely N-dealkylation sites (N-methyl/N-ethyl adjacent to an activating group) is 1. The van der Waals surface area contributed by atoms with Crippen molar-refractivity contribution in [3.8, 4) is 0 Å². The minimum Gasteiger partial charge on any atom is -0.465 e. The van der Waals surface area contributed by atoms with Crippen LogP contribution in [0.15, 0.2) is 54.7 Å². The molecule has 0 atom stereocenters. The number of pyridine rings is 1. The second-order valence-corrected chi connectivity index (χ2v) is 7.54. The summed E-state index contributed by atoms with van der Waals surface area (Å²) < 4.78 is 4.69. The molecule has 1 aliphatic heterocycles. The summed E-state index contributed by atoms with van der Waals surface area (Å²) in [6.45, 7) is 2.99. The monoisotopic (exact) mass is 407 g/mol. The average molecular weight is 408 g/mol. The third-order valence-electron chi connectivity index (χ3n) is 5.61. The molecule has 3 rings (SSSR count). The number of rotatable bonds is 7. The van der Waals surface area contributed by atoms with Crippen molar-refractivity contribution in [2.45, 2.75) is 25.3 Å². The number of hydrogen-bond acceptors (Lipinski definition) is 5. The van der Waals surface area contributed by atoms with Gasteiger partial charge in [-0.3, -0.25) is 9.78 Å². The second kappa shape index (κ2) is 10.7. The lowest BCUT2D eigenvalue weighted by Gasteiger charge is -2.36. The molecule has 1 aliphatic rings. The molecular weight excluding hydrogens is 378 g/mol. The Bertz CT molecular complexity index is 857. The fraction of sp³-hybridized carbons (Fsp3) is 0.375. The van der Waals surface area contributed by atoms with E-state index >= 15 is 0 Å². The standard InChI is InChI=1S/C24H29N3O3/c1-26(23(28)11-8-19-6-9-20(10-7-19)24(29)30-2)22-13-17-27(18-14-22)16-12-21-5-3-4-15-25-21/h3-11,15,22H,12-14,16-18H2,1-2H3. The predicted octanol–water partition coefficient (Wildman–Crippen LogP) is 3.05. The summed E-state index contributed by atoms with van der Waals surface area (Å²) >= 11 is 0. The lowest BCUT2D eigenvalue weighted by molar-refractivity contribution is -0.127. The van der Waals surface area contributed by atoms with Gasteiger partial charge in [-0.1, -0.05) is 18.2 Å². The molecule has 2 heterocycles. The number of nitrogens with zero attached hydrogens (tertiary/aromatic N) is 3. The summed E-state index contributed by atoms with van der Waals surface area (Å²) in [7, 11) is 3.23. The van der Waals surface area contributed by atoms with Gasteiger partial charge in [0.15, 0.2) is 0 Å². The molecule has 6 heteroatoms. The van der Waals surface area contributed by atoms with E-state index in [2.05, 4.69) is 16.0 Å². The molecule has 0 radical (unpaired) electrons. The zero-order valence-electron chi connectivity index (χ0n) is 17.7. The van der Waals surface area contributed by atoms with Crippen LogP contribution in [0.25, 0.3) is 6.08 Å². The number of carbonyl (C=O) groups excluding carboxylic acids is 2. The number of esters is 1. The number of aromatic nitrogens is 1. The van der Waals surface area contributed by atoms with Crippen molar-refractivity contribution in [3.05, 3.63) is 71.6 Å². The van der Waals surface area contributed by atoms with E-state index < -0.39 is 0 Å². The van der Waals surface area contributed by atoms with Crippen LogP contribution in [0.3, 0.4) is 0 Å². The van der Waals surface area contributed by atoms with Gasteiger partial charge in [-0.15, -0.1) is 0 Å². The van der Waals surface area contributed by atoms with Gasteiger partial charge in [0.2, 0.25) is 5.91 Å². The van der Waals surface area contributed by atoms with E-state index in [0.717, 1.165) is 50.2 Å². The van der Waals surface area contributed by atoms with Gasteiger partial charge >= 0.3 is 5.97 Å². The van der Waals surface area contributed by atoms with Crippen molar-refractivity contribution in [2.24, 2.45) is 0 Å². The fourth-order valence-corrected chi connectivity index (χ4v) is 3.66. The van der Waals surface area contributed by atoms with Crippen LogP contribution in [-0.4, -0.2) is 66.5 Å². The van der Waals surface area contributed by atoms with Gasteiger partial charge in [0.25, 0.3) is 0 Å². The molecule has 0 spiro atoms. The molecule has 0 saturated carbocycles. The first-order chi connectivity index (χ1) is 14.6.